The minimum absolute atomic E-state index is 0.0847. The van der Waals surface area contributed by atoms with E-state index in [4.69, 9.17) is 22.3 Å². The third kappa shape index (κ3) is 2.87. The number of halogens is 1. The molecule has 2 aliphatic rings. The van der Waals surface area contributed by atoms with Crippen molar-refractivity contribution in [2.24, 2.45) is 12.8 Å². The van der Waals surface area contributed by atoms with E-state index in [0.29, 0.717) is 28.6 Å². The van der Waals surface area contributed by atoms with E-state index in [9.17, 15) is 4.79 Å². The van der Waals surface area contributed by atoms with Crippen molar-refractivity contribution in [3.8, 4) is 11.3 Å². The van der Waals surface area contributed by atoms with Crippen LogP contribution in [0.3, 0.4) is 0 Å². The van der Waals surface area contributed by atoms with Gasteiger partial charge in [0.15, 0.2) is 0 Å². The average molecular weight is 361 g/mol. The number of hydrogen-bond acceptors (Lipinski definition) is 5. The van der Waals surface area contributed by atoms with Gasteiger partial charge in [-0.3, -0.25) is 9.48 Å². The van der Waals surface area contributed by atoms with Gasteiger partial charge in [-0.15, -0.1) is 0 Å². The van der Waals surface area contributed by atoms with Crippen LogP contribution < -0.4 is 16.4 Å². The molecule has 3 heterocycles. The van der Waals surface area contributed by atoms with Crippen molar-refractivity contribution in [1.29, 1.82) is 0 Å². The fourth-order valence-electron chi connectivity index (χ4n) is 3.64. The first-order chi connectivity index (χ1) is 12.0. The number of pyridine rings is 1. The first kappa shape index (κ1) is 16.4. The summed E-state index contributed by atoms with van der Waals surface area (Å²) in [7, 11) is 1.83. The summed E-state index contributed by atoms with van der Waals surface area (Å²) in [6, 6.07) is 0.227. The summed E-state index contributed by atoms with van der Waals surface area (Å²) in [4.78, 5) is 17.0. The van der Waals surface area contributed by atoms with Crippen molar-refractivity contribution in [3.63, 3.8) is 0 Å². The topological polar surface area (TPSA) is 97.9 Å². The molecule has 0 aromatic carbocycles. The summed E-state index contributed by atoms with van der Waals surface area (Å²) < 4.78 is 1.69. The summed E-state index contributed by atoms with van der Waals surface area (Å²) >= 11 is 6.57. The molecule has 2 aromatic heterocycles. The van der Waals surface area contributed by atoms with E-state index in [1.807, 2.05) is 13.2 Å². The first-order valence-corrected chi connectivity index (χ1v) is 8.94. The number of carbonyl (C=O) groups excluding carboxylic acids is 1. The smallest absolute Gasteiger partial charge is 0.254 e. The standard InChI is InChI=1S/C17H21ClN6O/c1-24-8-9(6-21-24)15-13-10(7-20-17(13)25)14(18)16(23-15)22-12-5-3-2-4-11(12)19/h6,8,11-12H,2-5,7,19H2,1H3,(H,20,25)(H,22,23)/t11-,12?/m0/s1. The molecule has 4 N–H and O–H groups in total. The Morgan fingerprint density at radius 1 is 1.40 bits per heavy atom. The second-order valence-corrected chi connectivity index (χ2v) is 7.14. The van der Waals surface area contributed by atoms with E-state index in [1.165, 1.54) is 0 Å². The van der Waals surface area contributed by atoms with E-state index < -0.39 is 0 Å². The molecule has 7 nitrogen and oxygen atoms in total. The second-order valence-electron chi connectivity index (χ2n) is 6.76. The molecule has 2 aromatic rings. The number of anilines is 1. The number of hydrogen-bond donors (Lipinski definition) is 3. The molecule has 0 radical (unpaired) electrons. The minimum Gasteiger partial charge on any atom is -0.365 e. The van der Waals surface area contributed by atoms with Crippen LogP contribution in [0.25, 0.3) is 11.3 Å². The van der Waals surface area contributed by atoms with Crippen molar-refractivity contribution in [2.75, 3.05) is 5.32 Å². The molecular formula is C17H21ClN6O. The van der Waals surface area contributed by atoms with Crippen LogP contribution in [0.1, 0.15) is 41.6 Å². The van der Waals surface area contributed by atoms with Gasteiger partial charge < -0.3 is 16.4 Å². The largest absolute Gasteiger partial charge is 0.365 e. The van der Waals surface area contributed by atoms with Crippen molar-refractivity contribution in [1.82, 2.24) is 20.1 Å². The predicted molar refractivity (Wildman–Crippen MR) is 96.5 cm³/mol. The van der Waals surface area contributed by atoms with Gasteiger partial charge in [-0.05, 0) is 12.8 Å². The van der Waals surface area contributed by atoms with Gasteiger partial charge in [0.05, 0.1) is 22.5 Å². The lowest BCUT2D eigenvalue weighted by Gasteiger charge is -2.30. The molecule has 0 saturated heterocycles. The van der Waals surface area contributed by atoms with Crippen molar-refractivity contribution < 1.29 is 4.79 Å². The van der Waals surface area contributed by atoms with Crippen LogP contribution in [0.5, 0.6) is 0 Å². The number of nitrogens with zero attached hydrogens (tertiary/aromatic N) is 3. The maximum atomic E-state index is 12.3. The van der Waals surface area contributed by atoms with Gasteiger partial charge >= 0.3 is 0 Å². The zero-order valence-electron chi connectivity index (χ0n) is 14.1. The van der Waals surface area contributed by atoms with Crippen LogP contribution in [0.15, 0.2) is 12.4 Å². The molecule has 2 atom stereocenters. The zero-order valence-corrected chi connectivity index (χ0v) is 14.8. The molecule has 1 fully saturated rings. The van der Waals surface area contributed by atoms with Crippen LogP contribution in [-0.4, -0.2) is 32.8 Å². The Bertz CT molecular complexity index is 833. The Balaban J connectivity index is 1.79. The highest BCUT2D eigenvalue weighted by atomic mass is 35.5. The first-order valence-electron chi connectivity index (χ1n) is 8.56. The molecule has 1 amide bonds. The molecule has 1 aliphatic carbocycles. The van der Waals surface area contributed by atoms with Gasteiger partial charge in [-0.2, -0.15) is 5.10 Å². The average Bonchev–Trinajstić information content (AvgIpc) is 3.19. The maximum Gasteiger partial charge on any atom is 0.254 e. The van der Waals surface area contributed by atoms with Crippen LogP contribution in [0.2, 0.25) is 5.02 Å². The van der Waals surface area contributed by atoms with E-state index >= 15 is 0 Å². The summed E-state index contributed by atoms with van der Waals surface area (Å²) in [5.74, 6) is 0.447. The fourth-order valence-corrected chi connectivity index (χ4v) is 3.90. The number of rotatable bonds is 3. The van der Waals surface area contributed by atoms with Gasteiger partial charge in [-0.25, -0.2) is 4.98 Å². The van der Waals surface area contributed by atoms with Crippen molar-refractivity contribution >= 4 is 23.3 Å². The van der Waals surface area contributed by atoms with Crippen LogP contribution in [0.4, 0.5) is 5.82 Å². The lowest BCUT2D eigenvalue weighted by Crippen LogP contribution is -2.42. The summed E-state index contributed by atoms with van der Waals surface area (Å²) in [6.45, 7) is 0.411. The van der Waals surface area contributed by atoms with Gasteiger partial charge in [-0.1, -0.05) is 24.4 Å². The van der Waals surface area contributed by atoms with Gasteiger partial charge in [0, 0.05) is 43.0 Å². The molecule has 25 heavy (non-hydrogen) atoms. The Morgan fingerprint density at radius 3 is 2.92 bits per heavy atom. The quantitative estimate of drug-likeness (QED) is 0.778. The number of nitrogens with one attached hydrogen (secondary N) is 2. The van der Waals surface area contributed by atoms with E-state index in [0.717, 1.165) is 36.8 Å². The molecule has 1 unspecified atom stereocenters. The molecule has 1 aliphatic heterocycles. The Labute approximate surface area is 150 Å². The second kappa shape index (κ2) is 6.31. The molecule has 4 rings (SSSR count). The number of aryl methyl sites for hydroxylation is 1. The molecular weight excluding hydrogens is 340 g/mol. The van der Waals surface area contributed by atoms with Crippen LogP contribution in [-0.2, 0) is 13.6 Å². The molecule has 8 heteroatoms. The van der Waals surface area contributed by atoms with Crippen molar-refractivity contribution in [2.45, 2.75) is 44.3 Å². The third-order valence-electron chi connectivity index (χ3n) is 5.01. The van der Waals surface area contributed by atoms with Gasteiger partial charge in [0.2, 0.25) is 0 Å². The number of amides is 1. The van der Waals surface area contributed by atoms with Gasteiger partial charge in [0.1, 0.15) is 5.82 Å². The zero-order chi connectivity index (χ0) is 17.6. The Hall–Kier alpha value is -2.12. The highest BCUT2D eigenvalue weighted by Crippen LogP contribution is 2.37. The lowest BCUT2D eigenvalue weighted by molar-refractivity contribution is 0.0966. The number of nitrogens with two attached hydrogens (primary N) is 1. The van der Waals surface area contributed by atoms with E-state index in [1.54, 1.807) is 10.9 Å². The fraction of sp³-hybridized carbons (Fsp3) is 0.471. The number of aromatic nitrogens is 3. The SMILES string of the molecule is Cn1cc(-c2nc(NC3CCCC[C@@H]3N)c(Cl)c3c2C(=O)NC3)cn1. The van der Waals surface area contributed by atoms with E-state index in [2.05, 4.69) is 15.7 Å². The Kier molecular flexibility index (Phi) is 4.13. The highest BCUT2D eigenvalue weighted by Gasteiger charge is 2.31. The van der Waals surface area contributed by atoms with Crippen LogP contribution in [0, 0.1) is 0 Å². The van der Waals surface area contributed by atoms with Gasteiger partial charge in [0.25, 0.3) is 5.91 Å². The Morgan fingerprint density at radius 2 is 2.20 bits per heavy atom. The molecule has 0 spiro atoms. The monoisotopic (exact) mass is 360 g/mol. The third-order valence-corrected chi connectivity index (χ3v) is 5.41. The summed E-state index contributed by atoms with van der Waals surface area (Å²) in [6.07, 6.45) is 7.84. The maximum absolute atomic E-state index is 12.3. The van der Waals surface area contributed by atoms with Crippen LogP contribution >= 0.6 is 11.6 Å². The predicted octanol–water partition coefficient (Wildman–Crippen LogP) is 2.06. The summed E-state index contributed by atoms with van der Waals surface area (Å²) in [5, 5.41) is 11.0. The summed E-state index contributed by atoms with van der Waals surface area (Å²) in [5.41, 5.74) is 8.97. The normalized spacial score (nSPS) is 22.6. The highest BCUT2D eigenvalue weighted by molar-refractivity contribution is 6.34. The van der Waals surface area contributed by atoms with E-state index in [-0.39, 0.29) is 18.0 Å². The molecule has 1 saturated carbocycles. The molecule has 132 valence electrons. The number of fused-ring (bicyclic) bond motifs is 1. The lowest BCUT2D eigenvalue weighted by atomic mass is 9.91. The molecule has 0 bridgehead atoms. The number of carbonyl (C=O) groups is 1. The van der Waals surface area contributed by atoms with Crippen molar-refractivity contribution in [3.05, 3.63) is 28.5 Å². The minimum atomic E-state index is -0.149.